The van der Waals surface area contributed by atoms with Crippen molar-refractivity contribution in [1.82, 2.24) is 14.9 Å². The van der Waals surface area contributed by atoms with Crippen LogP contribution in [0.3, 0.4) is 0 Å². The first-order valence-electron chi connectivity index (χ1n) is 7.58. The summed E-state index contributed by atoms with van der Waals surface area (Å²) in [6.07, 6.45) is 6.44. The summed E-state index contributed by atoms with van der Waals surface area (Å²) in [5.74, 6) is 0.506. The van der Waals surface area contributed by atoms with Crippen molar-refractivity contribution in [2.24, 2.45) is 0 Å². The van der Waals surface area contributed by atoms with Gasteiger partial charge in [-0.1, -0.05) is 18.2 Å². The predicted octanol–water partition coefficient (Wildman–Crippen LogP) is 3.19. The van der Waals surface area contributed by atoms with E-state index in [4.69, 9.17) is 0 Å². The van der Waals surface area contributed by atoms with E-state index in [0.29, 0.717) is 5.92 Å². The molecule has 1 unspecified atom stereocenters. The molecule has 1 aromatic carbocycles. The van der Waals surface area contributed by atoms with Gasteiger partial charge in [0.15, 0.2) is 0 Å². The van der Waals surface area contributed by atoms with Crippen molar-refractivity contribution < 1.29 is 4.79 Å². The van der Waals surface area contributed by atoms with Crippen molar-refractivity contribution in [1.29, 1.82) is 0 Å². The van der Waals surface area contributed by atoms with Gasteiger partial charge in [-0.3, -0.25) is 9.78 Å². The van der Waals surface area contributed by atoms with Crippen molar-refractivity contribution in [3.8, 4) is 0 Å². The summed E-state index contributed by atoms with van der Waals surface area (Å²) in [7, 11) is 0. The van der Waals surface area contributed by atoms with Crippen LogP contribution in [0.4, 0.5) is 0 Å². The Kier molecular flexibility index (Phi) is 3.15. The molecule has 4 rings (SSSR count). The van der Waals surface area contributed by atoms with Crippen LogP contribution in [0.5, 0.6) is 0 Å². The second kappa shape index (κ2) is 5.30. The van der Waals surface area contributed by atoms with Crippen LogP contribution in [-0.2, 0) is 0 Å². The summed E-state index contributed by atoms with van der Waals surface area (Å²) in [6, 6.07) is 11.9. The van der Waals surface area contributed by atoms with Crippen molar-refractivity contribution in [2.75, 3.05) is 13.1 Å². The molecule has 110 valence electrons. The van der Waals surface area contributed by atoms with Crippen LogP contribution in [0.25, 0.3) is 10.9 Å². The molecule has 22 heavy (non-hydrogen) atoms. The summed E-state index contributed by atoms with van der Waals surface area (Å²) in [6.45, 7) is 1.59. The van der Waals surface area contributed by atoms with Crippen molar-refractivity contribution in [3.63, 3.8) is 0 Å². The second-order valence-corrected chi connectivity index (χ2v) is 5.76. The SMILES string of the molecule is O=C(c1ccncc1)N1CCC(c2c[nH]c3ccccc23)C1. The van der Waals surface area contributed by atoms with E-state index in [1.165, 1.54) is 10.9 Å². The summed E-state index contributed by atoms with van der Waals surface area (Å²) in [5.41, 5.74) is 3.20. The average Bonchev–Trinajstić information content (AvgIpc) is 3.21. The lowest BCUT2D eigenvalue weighted by Gasteiger charge is -2.16. The molecule has 4 nitrogen and oxygen atoms in total. The highest BCUT2D eigenvalue weighted by molar-refractivity contribution is 5.94. The van der Waals surface area contributed by atoms with E-state index in [2.05, 4.69) is 34.4 Å². The summed E-state index contributed by atoms with van der Waals surface area (Å²) < 4.78 is 0. The molecule has 3 heterocycles. The highest BCUT2D eigenvalue weighted by Crippen LogP contribution is 2.32. The summed E-state index contributed by atoms with van der Waals surface area (Å²) in [4.78, 5) is 21.8. The number of amides is 1. The lowest BCUT2D eigenvalue weighted by Crippen LogP contribution is -2.28. The van der Waals surface area contributed by atoms with Crippen LogP contribution in [0.15, 0.2) is 55.0 Å². The monoisotopic (exact) mass is 291 g/mol. The minimum absolute atomic E-state index is 0.102. The smallest absolute Gasteiger partial charge is 0.253 e. The number of carbonyl (C=O) groups excluding carboxylic acids is 1. The van der Waals surface area contributed by atoms with Crippen LogP contribution in [-0.4, -0.2) is 33.9 Å². The molecule has 1 aliphatic rings. The van der Waals surface area contributed by atoms with Gasteiger partial charge in [-0.05, 0) is 30.2 Å². The third kappa shape index (κ3) is 2.17. The molecule has 0 radical (unpaired) electrons. The maximum atomic E-state index is 12.5. The minimum atomic E-state index is 0.102. The zero-order valence-electron chi connectivity index (χ0n) is 12.2. The fourth-order valence-corrected chi connectivity index (χ4v) is 3.31. The number of nitrogens with one attached hydrogen (secondary N) is 1. The minimum Gasteiger partial charge on any atom is -0.361 e. The van der Waals surface area contributed by atoms with Gasteiger partial charge in [0.2, 0.25) is 0 Å². The highest BCUT2D eigenvalue weighted by atomic mass is 16.2. The Labute approximate surface area is 128 Å². The van der Waals surface area contributed by atoms with Crippen LogP contribution in [0.2, 0.25) is 0 Å². The molecule has 1 atom stereocenters. The number of para-hydroxylation sites is 1. The largest absolute Gasteiger partial charge is 0.361 e. The van der Waals surface area contributed by atoms with Crippen LogP contribution < -0.4 is 0 Å². The van der Waals surface area contributed by atoms with Gasteiger partial charge < -0.3 is 9.88 Å². The number of likely N-dealkylation sites (tertiary alicyclic amines) is 1. The zero-order chi connectivity index (χ0) is 14.9. The predicted molar refractivity (Wildman–Crippen MR) is 85.8 cm³/mol. The molecule has 0 aliphatic carbocycles. The van der Waals surface area contributed by atoms with Gasteiger partial charge in [0.25, 0.3) is 5.91 Å². The van der Waals surface area contributed by atoms with E-state index in [0.717, 1.165) is 30.6 Å². The van der Waals surface area contributed by atoms with E-state index in [1.54, 1.807) is 24.5 Å². The number of aromatic nitrogens is 2. The quantitative estimate of drug-likeness (QED) is 0.788. The van der Waals surface area contributed by atoms with Crippen LogP contribution in [0.1, 0.15) is 28.3 Å². The van der Waals surface area contributed by atoms with Crippen LogP contribution >= 0.6 is 0 Å². The first kappa shape index (κ1) is 13.1. The van der Waals surface area contributed by atoms with E-state index in [9.17, 15) is 4.79 Å². The number of benzene rings is 1. The number of hydrogen-bond donors (Lipinski definition) is 1. The molecule has 1 aliphatic heterocycles. The Morgan fingerprint density at radius 2 is 2.00 bits per heavy atom. The molecule has 4 heteroatoms. The zero-order valence-corrected chi connectivity index (χ0v) is 12.2. The number of carbonyl (C=O) groups is 1. The van der Waals surface area contributed by atoms with E-state index < -0.39 is 0 Å². The Morgan fingerprint density at radius 3 is 2.86 bits per heavy atom. The molecule has 0 spiro atoms. The van der Waals surface area contributed by atoms with Crippen molar-refractivity contribution in [2.45, 2.75) is 12.3 Å². The topological polar surface area (TPSA) is 49.0 Å². The van der Waals surface area contributed by atoms with E-state index >= 15 is 0 Å². The number of rotatable bonds is 2. The first-order valence-corrected chi connectivity index (χ1v) is 7.58. The number of pyridine rings is 1. The van der Waals surface area contributed by atoms with Gasteiger partial charge in [-0.25, -0.2) is 0 Å². The van der Waals surface area contributed by atoms with Crippen molar-refractivity contribution in [3.05, 3.63) is 66.1 Å². The molecular weight excluding hydrogens is 274 g/mol. The third-order valence-electron chi connectivity index (χ3n) is 4.46. The van der Waals surface area contributed by atoms with Crippen molar-refractivity contribution >= 4 is 16.8 Å². The Balaban J connectivity index is 1.56. The average molecular weight is 291 g/mol. The van der Waals surface area contributed by atoms with Gasteiger partial charge >= 0.3 is 0 Å². The first-order chi connectivity index (χ1) is 10.8. The summed E-state index contributed by atoms with van der Waals surface area (Å²) in [5, 5.41) is 1.27. The maximum Gasteiger partial charge on any atom is 0.253 e. The number of H-pyrrole nitrogens is 1. The van der Waals surface area contributed by atoms with Gasteiger partial charge in [0, 0.05) is 54.1 Å². The highest BCUT2D eigenvalue weighted by Gasteiger charge is 2.29. The standard InChI is InChI=1S/C18H17N3O/c22-18(13-5-8-19-9-6-13)21-10-7-14(12-21)16-11-20-17-4-2-1-3-15(16)17/h1-6,8-9,11,14,20H,7,10,12H2. The van der Waals surface area contributed by atoms with Gasteiger partial charge in [-0.15, -0.1) is 0 Å². The van der Waals surface area contributed by atoms with Crippen LogP contribution in [0, 0.1) is 0 Å². The molecule has 0 bridgehead atoms. The lowest BCUT2D eigenvalue weighted by molar-refractivity contribution is 0.0790. The lowest BCUT2D eigenvalue weighted by atomic mass is 9.98. The Hall–Kier alpha value is -2.62. The normalized spacial score (nSPS) is 18.0. The fourth-order valence-electron chi connectivity index (χ4n) is 3.31. The van der Waals surface area contributed by atoms with E-state index in [1.807, 2.05) is 11.0 Å². The molecule has 1 N–H and O–H groups in total. The fraction of sp³-hybridized carbons (Fsp3) is 0.222. The molecule has 1 amide bonds. The number of hydrogen-bond acceptors (Lipinski definition) is 2. The molecule has 3 aromatic rings. The third-order valence-corrected chi connectivity index (χ3v) is 4.46. The van der Waals surface area contributed by atoms with Gasteiger partial charge in [0.05, 0.1) is 0 Å². The number of fused-ring (bicyclic) bond motifs is 1. The Bertz CT molecular complexity index is 809. The Morgan fingerprint density at radius 1 is 1.18 bits per heavy atom. The summed E-state index contributed by atoms with van der Waals surface area (Å²) >= 11 is 0. The molecule has 1 fully saturated rings. The number of aromatic amines is 1. The molecule has 2 aromatic heterocycles. The number of nitrogens with zero attached hydrogens (tertiary/aromatic N) is 2. The van der Waals surface area contributed by atoms with Gasteiger partial charge in [0.1, 0.15) is 0 Å². The molecule has 1 saturated heterocycles. The molecular formula is C18H17N3O. The molecule has 0 saturated carbocycles. The second-order valence-electron chi connectivity index (χ2n) is 5.76. The maximum absolute atomic E-state index is 12.5. The van der Waals surface area contributed by atoms with Gasteiger partial charge in [-0.2, -0.15) is 0 Å². The van der Waals surface area contributed by atoms with E-state index in [-0.39, 0.29) is 5.91 Å².